The summed E-state index contributed by atoms with van der Waals surface area (Å²) in [6.07, 6.45) is 0. The van der Waals surface area contributed by atoms with Crippen LogP contribution in [0.3, 0.4) is 0 Å². The number of aliphatic hydroxyl groups is 1. The number of anilines is 1. The van der Waals surface area contributed by atoms with Crippen LogP contribution in [0.2, 0.25) is 0 Å². The summed E-state index contributed by atoms with van der Waals surface area (Å²) < 4.78 is 22.0. The number of amides is 1. The summed E-state index contributed by atoms with van der Waals surface area (Å²) in [6.45, 7) is 4.76. The Hall–Kier alpha value is -4.46. The smallest absolute Gasteiger partial charge is 0.300 e. The Bertz CT molecular complexity index is 1290. The zero-order valence-corrected chi connectivity index (χ0v) is 21.2. The minimum Gasteiger partial charge on any atom is -0.506 e. The fraction of sp³-hybridized carbons (Fsp3) is 0.241. The summed E-state index contributed by atoms with van der Waals surface area (Å²) in [5, 5.41) is 11.6. The highest BCUT2D eigenvalue weighted by atomic mass is 16.5. The van der Waals surface area contributed by atoms with Gasteiger partial charge >= 0.3 is 0 Å². The van der Waals surface area contributed by atoms with Crippen molar-refractivity contribution in [1.29, 1.82) is 0 Å². The number of methoxy groups -OCH3 is 2. The van der Waals surface area contributed by atoms with E-state index in [4.69, 9.17) is 18.9 Å². The first-order valence-corrected chi connectivity index (χ1v) is 11.9. The number of benzene rings is 3. The second-order valence-electron chi connectivity index (χ2n) is 8.14. The highest BCUT2D eigenvalue weighted by Crippen LogP contribution is 2.45. The lowest BCUT2D eigenvalue weighted by Crippen LogP contribution is -2.29. The van der Waals surface area contributed by atoms with Gasteiger partial charge in [-0.1, -0.05) is 18.2 Å². The van der Waals surface area contributed by atoms with E-state index in [1.807, 2.05) is 13.8 Å². The number of ketones is 1. The maximum absolute atomic E-state index is 13.5. The van der Waals surface area contributed by atoms with Gasteiger partial charge in [0.15, 0.2) is 0 Å². The normalized spacial score (nSPS) is 16.5. The van der Waals surface area contributed by atoms with E-state index in [2.05, 4.69) is 0 Å². The zero-order valence-electron chi connectivity index (χ0n) is 21.2. The molecule has 1 fully saturated rings. The number of ether oxygens (including phenoxy) is 4. The zero-order chi connectivity index (χ0) is 26.5. The van der Waals surface area contributed by atoms with E-state index in [9.17, 15) is 14.7 Å². The van der Waals surface area contributed by atoms with Crippen molar-refractivity contribution in [2.75, 3.05) is 32.3 Å². The molecule has 3 aromatic rings. The average molecular weight is 504 g/mol. The standard InChI is InChI=1S/C29H29NO7/c1-5-36-20-14-10-18(11-15-20)26-25(27(31)24-22(34-3)8-7-9-23(24)35-4)28(32)29(33)30(26)19-12-16-21(17-13-19)37-6-2/h7-17,26,31H,5-6H2,1-4H3/b27-25+. The Morgan fingerprint density at radius 1 is 0.811 bits per heavy atom. The molecule has 1 heterocycles. The van der Waals surface area contributed by atoms with E-state index in [1.165, 1.54) is 19.1 Å². The number of hydrogen-bond acceptors (Lipinski definition) is 7. The van der Waals surface area contributed by atoms with Gasteiger partial charge in [0.25, 0.3) is 11.7 Å². The third-order valence-electron chi connectivity index (χ3n) is 6.04. The van der Waals surface area contributed by atoms with Crippen molar-refractivity contribution in [3.63, 3.8) is 0 Å². The average Bonchev–Trinajstić information content (AvgIpc) is 3.19. The predicted octanol–water partition coefficient (Wildman–Crippen LogP) is 5.13. The third kappa shape index (κ3) is 4.82. The number of hydrogen-bond donors (Lipinski definition) is 1. The lowest BCUT2D eigenvalue weighted by atomic mass is 9.94. The highest BCUT2D eigenvalue weighted by Gasteiger charge is 2.47. The first kappa shape index (κ1) is 25.6. The molecule has 1 unspecified atom stereocenters. The van der Waals surface area contributed by atoms with Gasteiger partial charge < -0.3 is 24.1 Å². The maximum atomic E-state index is 13.5. The van der Waals surface area contributed by atoms with Crippen LogP contribution < -0.4 is 23.8 Å². The lowest BCUT2D eigenvalue weighted by Gasteiger charge is -2.26. The molecular weight excluding hydrogens is 474 g/mol. The molecule has 4 rings (SSSR count). The molecule has 0 aliphatic carbocycles. The fourth-order valence-electron chi connectivity index (χ4n) is 4.42. The Morgan fingerprint density at radius 3 is 1.81 bits per heavy atom. The molecule has 0 spiro atoms. The van der Waals surface area contributed by atoms with Crippen molar-refractivity contribution in [1.82, 2.24) is 0 Å². The molecule has 37 heavy (non-hydrogen) atoms. The number of carbonyl (C=O) groups excluding carboxylic acids is 2. The van der Waals surface area contributed by atoms with Crippen molar-refractivity contribution in [2.45, 2.75) is 19.9 Å². The van der Waals surface area contributed by atoms with Gasteiger partial charge in [0, 0.05) is 5.69 Å². The summed E-state index contributed by atoms with van der Waals surface area (Å²) in [4.78, 5) is 28.3. The molecule has 3 aromatic carbocycles. The Morgan fingerprint density at radius 2 is 1.32 bits per heavy atom. The molecular formula is C29H29NO7. The highest BCUT2D eigenvalue weighted by molar-refractivity contribution is 6.51. The first-order valence-electron chi connectivity index (χ1n) is 11.9. The van der Waals surface area contributed by atoms with Crippen LogP contribution in [0.5, 0.6) is 23.0 Å². The van der Waals surface area contributed by atoms with Crippen LogP contribution in [0.1, 0.15) is 31.0 Å². The summed E-state index contributed by atoms with van der Waals surface area (Å²) >= 11 is 0. The van der Waals surface area contributed by atoms with Crippen LogP contribution in [0, 0.1) is 0 Å². The van der Waals surface area contributed by atoms with E-state index >= 15 is 0 Å². The van der Waals surface area contributed by atoms with Crippen molar-refractivity contribution in [3.05, 3.63) is 83.4 Å². The summed E-state index contributed by atoms with van der Waals surface area (Å²) in [7, 11) is 2.90. The molecule has 1 N–H and O–H groups in total. The van der Waals surface area contributed by atoms with E-state index in [0.717, 1.165) is 0 Å². The fourth-order valence-corrected chi connectivity index (χ4v) is 4.42. The number of carbonyl (C=O) groups is 2. The quantitative estimate of drug-likeness (QED) is 0.246. The summed E-state index contributed by atoms with van der Waals surface area (Å²) in [6, 6.07) is 18.0. The monoisotopic (exact) mass is 503 g/mol. The summed E-state index contributed by atoms with van der Waals surface area (Å²) in [5.74, 6) is -0.0874. The van der Waals surface area contributed by atoms with Crippen LogP contribution in [-0.2, 0) is 9.59 Å². The molecule has 1 amide bonds. The minimum absolute atomic E-state index is 0.0779. The molecule has 8 nitrogen and oxygen atoms in total. The van der Waals surface area contributed by atoms with Gasteiger partial charge in [-0.3, -0.25) is 14.5 Å². The second-order valence-corrected chi connectivity index (χ2v) is 8.14. The molecule has 1 atom stereocenters. The molecule has 8 heteroatoms. The molecule has 1 saturated heterocycles. The van der Waals surface area contributed by atoms with Gasteiger partial charge in [0.2, 0.25) is 0 Å². The predicted molar refractivity (Wildman–Crippen MR) is 140 cm³/mol. The van der Waals surface area contributed by atoms with E-state index in [0.29, 0.717) is 47.5 Å². The second kappa shape index (κ2) is 11.1. The van der Waals surface area contributed by atoms with Crippen LogP contribution in [0.4, 0.5) is 5.69 Å². The molecule has 0 radical (unpaired) electrons. The van der Waals surface area contributed by atoms with Crippen LogP contribution in [-0.4, -0.2) is 44.2 Å². The van der Waals surface area contributed by atoms with Crippen LogP contribution in [0.15, 0.2) is 72.3 Å². The van der Waals surface area contributed by atoms with Gasteiger partial charge in [0.1, 0.15) is 34.3 Å². The number of nitrogens with zero attached hydrogens (tertiary/aromatic N) is 1. The molecule has 1 aliphatic heterocycles. The number of aliphatic hydroxyl groups excluding tert-OH is 1. The largest absolute Gasteiger partial charge is 0.506 e. The molecule has 192 valence electrons. The van der Waals surface area contributed by atoms with Gasteiger partial charge in [-0.15, -0.1) is 0 Å². The Balaban J connectivity index is 1.93. The van der Waals surface area contributed by atoms with Gasteiger partial charge in [-0.25, -0.2) is 0 Å². The van der Waals surface area contributed by atoms with Gasteiger partial charge in [-0.05, 0) is 67.9 Å². The van der Waals surface area contributed by atoms with Gasteiger partial charge in [0.05, 0.1) is 39.0 Å². The SMILES string of the molecule is CCOc1ccc(C2/C(=C(\O)c3c(OC)cccc3OC)C(=O)C(=O)N2c2ccc(OCC)cc2)cc1. The molecule has 0 aromatic heterocycles. The van der Waals surface area contributed by atoms with Crippen molar-refractivity contribution < 1.29 is 33.6 Å². The molecule has 0 saturated carbocycles. The lowest BCUT2D eigenvalue weighted by molar-refractivity contribution is -0.132. The van der Waals surface area contributed by atoms with Crippen molar-refractivity contribution >= 4 is 23.1 Å². The molecule has 1 aliphatic rings. The topological polar surface area (TPSA) is 94.5 Å². The van der Waals surface area contributed by atoms with E-state index in [-0.39, 0.29) is 16.9 Å². The van der Waals surface area contributed by atoms with Gasteiger partial charge in [-0.2, -0.15) is 0 Å². The van der Waals surface area contributed by atoms with E-state index in [1.54, 1.807) is 66.7 Å². The number of rotatable bonds is 9. The number of Topliss-reactive ketones (excluding diaryl/α,β-unsaturated/α-hetero) is 1. The van der Waals surface area contributed by atoms with Crippen molar-refractivity contribution in [2.24, 2.45) is 0 Å². The van der Waals surface area contributed by atoms with Crippen molar-refractivity contribution in [3.8, 4) is 23.0 Å². The maximum Gasteiger partial charge on any atom is 0.300 e. The minimum atomic E-state index is -0.914. The Kier molecular flexibility index (Phi) is 7.67. The summed E-state index contributed by atoms with van der Waals surface area (Å²) in [5.41, 5.74) is 1.21. The van der Waals surface area contributed by atoms with Crippen LogP contribution >= 0.6 is 0 Å². The first-order chi connectivity index (χ1) is 17.9. The molecule has 0 bridgehead atoms. The Labute approximate surface area is 215 Å². The van der Waals surface area contributed by atoms with Crippen LogP contribution in [0.25, 0.3) is 5.76 Å². The third-order valence-corrected chi connectivity index (χ3v) is 6.04. The van der Waals surface area contributed by atoms with E-state index < -0.39 is 17.7 Å².